The Morgan fingerprint density at radius 1 is 0.800 bits per heavy atom. The number of hydrogen-bond donors (Lipinski definition) is 3. The average Bonchev–Trinajstić information content (AvgIpc) is 3.56. The number of ether oxygens (including phenoxy) is 3. The third-order valence-corrected chi connectivity index (χ3v) is 12.6. The summed E-state index contributed by atoms with van der Waals surface area (Å²) in [7, 11) is 4.37. The lowest BCUT2D eigenvalue weighted by molar-refractivity contribution is -0.152. The normalized spacial score (nSPS) is 40.4. The van der Waals surface area contributed by atoms with Crippen LogP contribution in [0.3, 0.4) is 0 Å². The molecule has 9 heteroatoms. The van der Waals surface area contributed by atoms with Crippen LogP contribution in [0.1, 0.15) is 42.0 Å². The van der Waals surface area contributed by atoms with Crippen molar-refractivity contribution in [1.82, 2.24) is 9.80 Å². The van der Waals surface area contributed by atoms with Gasteiger partial charge in [0.15, 0.2) is 29.1 Å². The highest BCUT2D eigenvalue weighted by Gasteiger charge is 2.66. The van der Waals surface area contributed by atoms with Gasteiger partial charge in [0.1, 0.15) is 18.3 Å². The number of aliphatic hydroxyl groups excluding tert-OH is 1. The SMILES string of the molecule is [13CH3]N1CC[C@]23c4c5ccc(O)c4OC2[C@@H](O)C=CC3[C@H]1C5.[13CH3][13C](=O)O[C@H]1C=CC2[C@H]3Cc4ccc(O)c5c4[C@@]2(CCN3[13CH3])C1O5. The number of carbonyl (C=O) groups excluding carboxylic acids is 1. The van der Waals surface area contributed by atoms with Crippen molar-refractivity contribution in [3.05, 3.63) is 70.8 Å². The lowest BCUT2D eigenvalue weighted by atomic mass is 9.53. The van der Waals surface area contributed by atoms with E-state index in [0.717, 1.165) is 44.3 Å². The van der Waals surface area contributed by atoms with E-state index in [0.29, 0.717) is 35.4 Å². The van der Waals surface area contributed by atoms with Gasteiger partial charge in [0.25, 0.3) is 0 Å². The smallest absolute Gasteiger partial charge is 0.303 e. The van der Waals surface area contributed by atoms with Gasteiger partial charge in [-0.05, 0) is 82.2 Å². The molecule has 2 fully saturated rings. The molecule has 4 bridgehead atoms. The monoisotopic (exact) mass is 616 g/mol. The number of esters is 1. The molecule has 0 aromatic heterocycles. The molecule has 2 saturated heterocycles. The van der Waals surface area contributed by atoms with E-state index in [1.165, 1.54) is 23.6 Å². The molecule has 2 aromatic carbocycles. The van der Waals surface area contributed by atoms with Crippen LogP contribution >= 0.6 is 0 Å². The lowest BCUT2D eigenvalue weighted by Crippen LogP contribution is -2.65. The summed E-state index contributed by atoms with van der Waals surface area (Å²) in [6.45, 7) is 3.42. The first-order valence-electron chi connectivity index (χ1n) is 16.3. The standard InChI is InChI=1S/C19H21NO4.C17H19NO3/c1-10(21)23-15-6-4-12-13-9-11-3-5-14(22)17-16(11)19(12,18(15)24-17)7-8-20(13)2;1-18-7-6-17-10-3-5-13(20)16(17)21-15-12(19)4-2-9(14(15)17)8-11(10)18/h3-6,12-13,15,18,22H,7-9H2,1-2H3;2-5,10-11,13,16,19-20H,6-8H2,1H3/t12?,13-,15+,18?,19+;10?,11-,13+,16?,17+/m11/s1/i1+1,2+1,10+1;1+1. The van der Waals surface area contributed by atoms with E-state index in [9.17, 15) is 20.1 Å². The Balaban J connectivity index is 0.000000126. The minimum absolute atomic E-state index is 0.160. The Bertz CT molecular complexity index is 1690. The summed E-state index contributed by atoms with van der Waals surface area (Å²) in [4.78, 5) is 16.4. The average molecular weight is 617 g/mol. The third kappa shape index (κ3) is 3.41. The fourth-order valence-electron chi connectivity index (χ4n) is 10.8. The molecule has 0 saturated carbocycles. The molecule has 2 aromatic rings. The first kappa shape index (κ1) is 27.8. The van der Waals surface area contributed by atoms with Crippen LogP contribution in [0.5, 0.6) is 23.0 Å². The number of benzene rings is 2. The minimum Gasteiger partial charge on any atom is -0.504 e. The number of nitrogens with zero attached hydrogens (tertiary/aromatic N) is 2. The molecule has 3 N–H and O–H groups in total. The largest absolute Gasteiger partial charge is 0.504 e. The zero-order valence-corrected chi connectivity index (χ0v) is 25.8. The summed E-state index contributed by atoms with van der Waals surface area (Å²) in [5.41, 5.74) is 4.50. The summed E-state index contributed by atoms with van der Waals surface area (Å²) in [6.07, 6.45) is 10.6. The maximum absolute atomic E-state index is 11.6. The molecule has 45 heavy (non-hydrogen) atoms. The fourth-order valence-corrected chi connectivity index (χ4v) is 10.8. The number of aromatic hydroxyl groups is 2. The molecule has 4 aliphatic heterocycles. The highest BCUT2D eigenvalue weighted by atomic mass is 16.6. The van der Waals surface area contributed by atoms with Crippen molar-refractivity contribution >= 4 is 5.97 Å². The number of piperidine rings is 2. The summed E-state index contributed by atoms with van der Waals surface area (Å²) in [5, 5.41) is 31.0. The number of carbonyl (C=O) groups is 1. The van der Waals surface area contributed by atoms with Crippen LogP contribution in [-0.4, -0.2) is 94.8 Å². The van der Waals surface area contributed by atoms with Gasteiger partial charge in [0, 0.05) is 52.8 Å². The van der Waals surface area contributed by atoms with E-state index < -0.39 is 12.2 Å². The van der Waals surface area contributed by atoms with Crippen LogP contribution in [0.25, 0.3) is 0 Å². The Morgan fingerprint density at radius 2 is 1.31 bits per heavy atom. The molecule has 8 aliphatic rings. The Kier molecular flexibility index (Phi) is 5.72. The Labute approximate surface area is 262 Å². The molecule has 0 radical (unpaired) electrons. The van der Waals surface area contributed by atoms with Crippen molar-refractivity contribution < 1.29 is 34.3 Å². The lowest BCUT2D eigenvalue weighted by Gasteiger charge is -2.56. The third-order valence-electron chi connectivity index (χ3n) is 12.6. The Hall–Kier alpha value is -3.53. The zero-order chi connectivity index (χ0) is 31.0. The molecular weight excluding hydrogens is 576 g/mol. The van der Waals surface area contributed by atoms with E-state index in [2.05, 4.69) is 36.0 Å². The zero-order valence-electron chi connectivity index (χ0n) is 25.8. The van der Waals surface area contributed by atoms with Gasteiger partial charge in [0.2, 0.25) is 0 Å². The van der Waals surface area contributed by atoms with E-state index in [-0.39, 0.29) is 40.5 Å². The maximum atomic E-state index is 11.6. The van der Waals surface area contributed by atoms with Crippen LogP contribution < -0.4 is 9.47 Å². The minimum atomic E-state index is -0.594. The van der Waals surface area contributed by atoms with E-state index in [1.54, 1.807) is 12.1 Å². The quantitative estimate of drug-likeness (QED) is 0.253. The van der Waals surface area contributed by atoms with Gasteiger partial charge < -0.3 is 39.3 Å². The van der Waals surface area contributed by atoms with Crippen molar-refractivity contribution in [2.45, 2.75) is 79.9 Å². The van der Waals surface area contributed by atoms with Gasteiger partial charge in [0.05, 0.1) is 0 Å². The van der Waals surface area contributed by atoms with Crippen molar-refractivity contribution in [3.63, 3.8) is 0 Å². The van der Waals surface area contributed by atoms with Crippen LogP contribution in [0, 0.1) is 11.8 Å². The Morgan fingerprint density at radius 3 is 1.87 bits per heavy atom. The van der Waals surface area contributed by atoms with Crippen molar-refractivity contribution in [3.8, 4) is 23.0 Å². The second-order valence-electron chi connectivity index (χ2n) is 14.4. The molecule has 236 valence electrons. The number of likely N-dealkylation sites (N-methyl/N-ethyl adjacent to an activating group) is 2. The number of phenolic OH excluding ortho intramolecular Hbond substituents is 2. The second kappa shape index (κ2) is 9.27. The van der Waals surface area contributed by atoms with Crippen molar-refractivity contribution in [1.29, 1.82) is 0 Å². The molecule has 9 nitrogen and oxygen atoms in total. The number of rotatable bonds is 1. The summed E-state index contributed by atoms with van der Waals surface area (Å²) in [5.74, 6) is 2.00. The van der Waals surface area contributed by atoms with Crippen LogP contribution in [0.2, 0.25) is 0 Å². The molecular formula is C36H40N2O7. The van der Waals surface area contributed by atoms with Crippen LogP contribution in [0.15, 0.2) is 48.6 Å². The van der Waals surface area contributed by atoms with E-state index >= 15 is 0 Å². The van der Waals surface area contributed by atoms with Crippen molar-refractivity contribution in [2.24, 2.45) is 11.8 Å². The summed E-state index contributed by atoms with van der Waals surface area (Å²) in [6, 6.07) is 8.40. The predicted molar refractivity (Wildman–Crippen MR) is 165 cm³/mol. The van der Waals surface area contributed by atoms with Gasteiger partial charge in [-0.25, -0.2) is 0 Å². The summed E-state index contributed by atoms with van der Waals surface area (Å²) >= 11 is 0. The van der Waals surface area contributed by atoms with Crippen molar-refractivity contribution in [2.75, 3.05) is 27.2 Å². The first-order chi connectivity index (χ1) is 21.6. The molecule has 10 atom stereocenters. The second-order valence-corrected chi connectivity index (χ2v) is 14.4. The van der Waals surface area contributed by atoms with Crippen LogP contribution in [0.4, 0.5) is 0 Å². The highest BCUT2D eigenvalue weighted by molar-refractivity contribution is 5.67. The molecule has 4 heterocycles. The summed E-state index contributed by atoms with van der Waals surface area (Å²) < 4.78 is 17.9. The molecule has 0 amide bonds. The molecule has 10 rings (SSSR count). The van der Waals surface area contributed by atoms with Gasteiger partial charge in [-0.15, -0.1) is 0 Å². The van der Waals surface area contributed by atoms with E-state index in [1.807, 2.05) is 24.3 Å². The number of hydrogen-bond acceptors (Lipinski definition) is 9. The first-order valence-corrected chi connectivity index (χ1v) is 16.3. The molecule has 4 aliphatic carbocycles. The number of aliphatic hydroxyl groups is 1. The van der Waals surface area contributed by atoms with Gasteiger partial charge in [-0.1, -0.05) is 30.4 Å². The predicted octanol–water partition coefficient (Wildman–Crippen LogP) is 2.97. The highest BCUT2D eigenvalue weighted by Crippen LogP contribution is 2.64. The van der Waals surface area contributed by atoms with Crippen LogP contribution in [-0.2, 0) is 33.2 Å². The van der Waals surface area contributed by atoms with Gasteiger partial charge >= 0.3 is 5.97 Å². The fraction of sp³-hybridized carbons (Fsp3) is 0.528. The number of likely N-dealkylation sites (tertiary alicyclic amines) is 2. The topological polar surface area (TPSA) is 112 Å². The molecule has 4 unspecified atom stereocenters. The molecule has 2 spiro atoms. The maximum Gasteiger partial charge on any atom is 0.303 e. The number of phenols is 2. The van der Waals surface area contributed by atoms with Gasteiger partial charge in [-0.2, -0.15) is 0 Å². The van der Waals surface area contributed by atoms with E-state index in [4.69, 9.17) is 14.2 Å². The van der Waals surface area contributed by atoms with Gasteiger partial charge in [-0.3, -0.25) is 4.79 Å².